The van der Waals surface area contributed by atoms with Gasteiger partial charge in [-0.05, 0) is 54.8 Å². The highest BCUT2D eigenvalue weighted by Gasteiger charge is 2.15. The number of aryl methyl sites for hydroxylation is 1. The third-order valence-corrected chi connectivity index (χ3v) is 4.49. The number of thiophene rings is 1. The van der Waals surface area contributed by atoms with Gasteiger partial charge >= 0.3 is 5.97 Å². The molecule has 0 aromatic carbocycles. The largest absolute Gasteiger partial charge is 0.465 e. The molecule has 4 nitrogen and oxygen atoms in total. The molecule has 0 saturated carbocycles. The number of ether oxygens (including phenoxy) is 1. The highest BCUT2D eigenvalue weighted by Crippen LogP contribution is 2.23. The van der Waals surface area contributed by atoms with Gasteiger partial charge in [-0.3, -0.25) is 9.59 Å². The van der Waals surface area contributed by atoms with Crippen molar-refractivity contribution in [1.29, 1.82) is 0 Å². The molecular weight excluding hydrogens is 342 g/mol. The molecule has 0 radical (unpaired) electrons. The van der Waals surface area contributed by atoms with Crippen LogP contribution in [0.4, 0.5) is 0 Å². The summed E-state index contributed by atoms with van der Waals surface area (Å²) in [6, 6.07) is 4.08. The van der Waals surface area contributed by atoms with Crippen LogP contribution in [0.2, 0.25) is 0 Å². The number of likely N-dealkylation sites (N-methyl/N-ethyl adjacent to an activating group) is 1. The van der Waals surface area contributed by atoms with Crippen molar-refractivity contribution in [3.63, 3.8) is 0 Å². The summed E-state index contributed by atoms with van der Waals surface area (Å²) in [5.74, 6) is -0.332. The molecule has 1 aromatic heterocycles. The van der Waals surface area contributed by atoms with E-state index in [1.807, 2.05) is 13.0 Å². The van der Waals surface area contributed by atoms with E-state index >= 15 is 0 Å². The summed E-state index contributed by atoms with van der Waals surface area (Å²) in [6.45, 7) is 4.55. The molecule has 0 N–H and O–H groups in total. The predicted molar refractivity (Wildman–Crippen MR) is 83.8 cm³/mol. The van der Waals surface area contributed by atoms with Gasteiger partial charge in [0.05, 0.1) is 10.4 Å². The van der Waals surface area contributed by atoms with Crippen molar-refractivity contribution in [2.24, 2.45) is 0 Å². The van der Waals surface area contributed by atoms with Crippen molar-refractivity contribution in [2.45, 2.75) is 33.1 Å². The van der Waals surface area contributed by atoms with E-state index in [0.29, 0.717) is 19.6 Å². The van der Waals surface area contributed by atoms with Crippen LogP contribution in [0.1, 0.15) is 31.6 Å². The number of rotatable bonds is 8. The van der Waals surface area contributed by atoms with Crippen molar-refractivity contribution in [3.05, 3.63) is 20.8 Å². The van der Waals surface area contributed by atoms with Crippen LogP contribution in [0.5, 0.6) is 0 Å². The smallest absolute Gasteiger partial charge is 0.325 e. The van der Waals surface area contributed by atoms with E-state index in [2.05, 4.69) is 22.0 Å². The maximum absolute atomic E-state index is 12.0. The summed E-state index contributed by atoms with van der Waals surface area (Å²) in [6.07, 6.45) is 2.15. The maximum Gasteiger partial charge on any atom is 0.325 e. The van der Waals surface area contributed by atoms with E-state index in [1.165, 1.54) is 4.88 Å². The number of carbonyl (C=O) groups is 2. The number of esters is 1. The minimum Gasteiger partial charge on any atom is -0.465 e. The van der Waals surface area contributed by atoms with Gasteiger partial charge in [0, 0.05) is 17.8 Å². The van der Waals surface area contributed by atoms with Gasteiger partial charge in [-0.25, -0.2) is 0 Å². The molecule has 0 aliphatic rings. The highest BCUT2D eigenvalue weighted by molar-refractivity contribution is 9.11. The molecule has 0 spiro atoms. The lowest BCUT2D eigenvalue weighted by atomic mass is 10.2. The van der Waals surface area contributed by atoms with Crippen molar-refractivity contribution in [1.82, 2.24) is 4.90 Å². The van der Waals surface area contributed by atoms with Gasteiger partial charge in [0.1, 0.15) is 6.54 Å². The van der Waals surface area contributed by atoms with E-state index in [4.69, 9.17) is 4.74 Å². The minimum absolute atomic E-state index is 0.0103. The van der Waals surface area contributed by atoms with Crippen LogP contribution in [0.3, 0.4) is 0 Å². The second-order valence-electron chi connectivity index (χ2n) is 4.27. The monoisotopic (exact) mass is 361 g/mol. The topological polar surface area (TPSA) is 46.6 Å². The zero-order valence-corrected chi connectivity index (χ0v) is 14.3. The minimum atomic E-state index is -0.343. The first kappa shape index (κ1) is 17.2. The van der Waals surface area contributed by atoms with Crippen molar-refractivity contribution in [2.75, 3.05) is 19.7 Å². The third kappa shape index (κ3) is 6.05. The zero-order chi connectivity index (χ0) is 15.0. The van der Waals surface area contributed by atoms with Crippen molar-refractivity contribution >= 4 is 39.1 Å². The first-order valence-electron chi connectivity index (χ1n) is 6.74. The Morgan fingerprint density at radius 1 is 1.35 bits per heavy atom. The summed E-state index contributed by atoms with van der Waals surface area (Å²) in [5, 5.41) is 0. The van der Waals surface area contributed by atoms with E-state index in [1.54, 1.807) is 23.2 Å². The fourth-order valence-electron chi connectivity index (χ4n) is 1.80. The molecule has 1 amide bonds. The molecule has 0 bridgehead atoms. The van der Waals surface area contributed by atoms with Crippen LogP contribution in [0.25, 0.3) is 0 Å². The Morgan fingerprint density at radius 3 is 2.65 bits per heavy atom. The van der Waals surface area contributed by atoms with Crippen LogP contribution in [-0.2, 0) is 20.7 Å². The maximum atomic E-state index is 12.0. The predicted octanol–water partition coefficient (Wildman–Crippen LogP) is 3.24. The fraction of sp³-hybridized carbons (Fsp3) is 0.571. The molecule has 0 fully saturated rings. The van der Waals surface area contributed by atoms with Crippen LogP contribution in [-0.4, -0.2) is 36.5 Å². The average Bonchev–Trinajstić information content (AvgIpc) is 2.82. The Balaban J connectivity index is 2.33. The van der Waals surface area contributed by atoms with E-state index < -0.39 is 0 Å². The average molecular weight is 362 g/mol. The summed E-state index contributed by atoms with van der Waals surface area (Å²) >= 11 is 5.11. The summed E-state index contributed by atoms with van der Waals surface area (Å²) < 4.78 is 5.97. The van der Waals surface area contributed by atoms with Crippen LogP contribution < -0.4 is 0 Å². The van der Waals surface area contributed by atoms with Crippen molar-refractivity contribution in [3.8, 4) is 0 Å². The lowest BCUT2D eigenvalue weighted by molar-refractivity contribution is -0.148. The fourth-order valence-corrected chi connectivity index (χ4v) is 3.32. The molecule has 0 atom stereocenters. The molecule has 1 rings (SSSR count). The van der Waals surface area contributed by atoms with Gasteiger partial charge < -0.3 is 9.64 Å². The lowest BCUT2D eigenvalue weighted by Gasteiger charge is -2.19. The van der Waals surface area contributed by atoms with Gasteiger partial charge in [-0.2, -0.15) is 0 Å². The Bertz CT molecular complexity index is 447. The third-order valence-electron chi connectivity index (χ3n) is 2.80. The Morgan fingerprint density at radius 2 is 2.10 bits per heavy atom. The van der Waals surface area contributed by atoms with E-state index in [-0.39, 0.29) is 18.4 Å². The van der Waals surface area contributed by atoms with Gasteiger partial charge in [0.25, 0.3) is 0 Å². The van der Waals surface area contributed by atoms with Crippen LogP contribution in [0, 0.1) is 0 Å². The first-order valence-corrected chi connectivity index (χ1v) is 8.35. The standard InChI is InChI=1S/C14H20BrNO3S/c1-3-16(10-14(18)19-4-2)13(17)7-5-6-11-8-9-12(15)20-11/h8-9H,3-7,10H2,1-2H3. The number of nitrogens with zero attached hydrogens (tertiary/aromatic N) is 1. The quantitative estimate of drug-likeness (QED) is 0.667. The molecule has 20 heavy (non-hydrogen) atoms. The molecular formula is C14H20BrNO3S. The SMILES string of the molecule is CCOC(=O)CN(CC)C(=O)CCCc1ccc(Br)s1. The second kappa shape index (κ2) is 9.13. The van der Waals surface area contributed by atoms with Crippen molar-refractivity contribution < 1.29 is 14.3 Å². The van der Waals surface area contributed by atoms with Gasteiger partial charge in [-0.1, -0.05) is 0 Å². The number of halogens is 1. The summed E-state index contributed by atoms with van der Waals surface area (Å²) in [7, 11) is 0. The second-order valence-corrected chi connectivity index (χ2v) is 6.82. The van der Waals surface area contributed by atoms with E-state index in [0.717, 1.165) is 16.6 Å². The number of amides is 1. The Kier molecular flexibility index (Phi) is 7.84. The number of hydrogen-bond donors (Lipinski definition) is 0. The Labute approximate surface area is 132 Å². The van der Waals surface area contributed by atoms with Gasteiger partial charge in [0.15, 0.2) is 0 Å². The molecule has 0 unspecified atom stereocenters. The van der Waals surface area contributed by atoms with Crippen LogP contribution in [0.15, 0.2) is 15.9 Å². The van der Waals surface area contributed by atoms with E-state index in [9.17, 15) is 9.59 Å². The summed E-state index contributed by atoms with van der Waals surface area (Å²) in [4.78, 5) is 26.2. The van der Waals surface area contributed by atoms with Gasteiger partial charge in [-0.15, -0.1) is 11.3 Å². The number of carbonyl (C=O) groups excluding carboxylic acids is 2. The zero-order valence-electron chi connectivity index (χ0n) is 11.9. The molecule has 6 heteroatoms. The summed E-state index contributed by atoms with van der Waals surface area (Å²) in [5.41, 5.74) is 0. The molecule has 0 saturated heterocycles. The first-order chi connectivity index (χ1) is 9.56. The number of hydrogen-bond acceptors (Lipinski definition) is 4. The molecule has 1 heterocycles. The van der Waals surface area contributed by atoms with Gasteiger partial charge in [0.2, 0.25) is 5.91 Å². The normalized spacial score (nSPS) is 10.3. The Hall–Kier alpha value is -0.880. The molecule has 1 aromatic rings. The van der Waals surface area contributed by atoms with Crippen LogP contribution >= 0.6 is 27.3 Å². The highest BCUT2D eigenvalue weighted by atomic mass is 79.9. The lowest BCUT2D eigenvalue weighted by Crippen LogP contribution is -2.36. The molecule has 0 aliphatic carbocycles. The molecule has 0 aliphatic heterocycles. The molecule has 112 valence electrons.